The van der Waals surface area contributed by atoms with Crippen molar-refractivity contribution in [3.05, 3.63) is 36.9 Å². The molecule has 1 aliphatic rings. The Balaban J connectivity index is 1.91. The standard InChI is InChI=1S/C11H6B4N2O2S/c12-10(13)11(14,15)19-9-5-7(1-2-8(9)18-10)20-17-4-3-16-6-17/h1-6H. The zero-order valence-electron chi connectivity index (χ0n) is 10.4. The molecule has 0 bridgehead atoms. The lowest BCUT2D eigenvalue weighted by atomic mass is 9.41. The van der Waals surface area contributed by atoms with Gasteiger partial charge >= 0.3 is 0 Å². The first-order valence-corrected chi connectivity index (χ1v) is 6.49. The van der Waals surface area contributed by atoms with Gasteiger partial charge in [-0.25, -0.2) is 4.98 Å². The second kappa shape index (κ2) is 4.58. The van der Waals surface area contributed by atoms with Gasteiger partial charge in [0.1, 0.15) is 37.7 Å². The summed E-state index contributed by atoms with van der Waals surface area (Å²) in [4.78, 5) is 4.85. The fraction of sp³-hybridized carbons (Fsp3) is 0.182. The van der Waals surface area contributed by atoms with Crippen LogP contribution < -0.4 is 9.47 Å². The Morgan fingerprint density at radius 3 is 2.40 bits per heavy atom. The summed E-state index contributed by atoms with van der Waals surface area (Å²) >= 11 is 1.44. The lowest BCUT2D eigenvalue weighted by Gasteiger charge is -2.48. The summed E-state index contributed by atoms with van der Waals surface area (Å²) in [6.07, 6.45) is 5.19. The highest BCUT2D eigenvalue weighted by Crippen LogP contribution is 2.41. The topological polar surface area (TPSA) is 36.3 Å². The summed E-state index contributed by atoms with van der Waals surface area (Å²) in [5.74, 6) is 0.767. The second-order valence-corrected chi connectivity index (χ2v) is 5.49. The molecule has 1 aromatic heterocycles. The minimum atomic E-state index is -1.82. The Bertz CT molecular complexity index is 633. The van der Waals surface area contributed by atoms with Crippen LogP contribution >= 0.6 is 11.9 Å². The highest BCUT2D eigenvalue weighted by atomic mass is 32.2. The number of fused-ring (bicyclic) bond motifs is 1. The van der Waals surface area contributed by atoms with Gasteiger partial charge in [0.2, 0.25) is 0 Å². The van der Waals surface area contributed by atoms with E-state index in [2.05, 4.69) is 4.98 Å². The third-order valence-corrected chi connectivity index (χ3v) is 3.67. The maximum absolute atomic E-state index is 5.72. The van der Waals surface area contributed by atoms with Crippen molar-refractivity contribution in [2.45, 2.75) is 15.7 Å². The van der Waals surface area contributed by atoms with Crippen molar-refractivity contribution in [2.75, 3.05) is 0 Å². The largest absolute Gasteiger partial charge is 0.501 e. The molecule has 0 unspecified atom stereocenters. The average Bonchev–Trinajstić information content (AvgIpc) is 2.83. The van der Waals surface area contributed by atoms with E-state index < -0.39 is 10.8 Å². The van der Waals surface area contributed by atoms with Gasteiger partial charge in [-0.1, -0.05) is 0 Å². The molecule has 0 aliphatic carbocycles. The summed E-state index contributed by atoms with van der Waals surface area (Å²) in [5.41, 5.74) is 0. The monoisotopic (exact) mass is 274 g/mol. The van der Waals surface area contributed by atoms with E-state index in [1.807, 2.05) is 16.2 Å². The SMILES string of the molecule is [B]C1([B])Oc2ccc(Sn3ccnc3)cc2OC1([B])[B]. The highest BCUT2D eigenvalue weighted by Gasteiger charge is 2.43. The van der Waals surface area contributed by atoms with Gasteiger partial charge in [0.25, 0.3) is 0 Å². The number of rotatable bonds is 2. The summed E-state index contributed by atoms with van der Waals surface area (Å²) in [7, 11) is 22.8. The molecule has 1 aliphatic heterocycles. The van der Waals surface area contributed by atoms with Crippen LogP contribution in [0.4, 0.5) is 0 Å². The number of imidazole rings is 1. The number of hydrogen-bond acceptors (Lipinski definition) is 4. The molecule has 2 aromatic rings. The Morgan fingerprint density at radius 2 is 1.75 bits per heavy atom. The molecular weight excluding hydrogens is 267 g/mol. The lowest BCUT2D eigenvalue weighted by molar-refractivity contribution is 0.0614. The Hall–Kier alpha value is -1.36. The van der Waals surface area contributed by atoms with E-state index in [4.69, 9.17) is 40.9 Å². The minimum absolute atomic E-state index is 0.381. The Labute approximate surface area is 126 Å². The lowest BCUT2D eigenvalue weighted by Crippen LogP contribution is -2.65. The van der Waals surface area contributed by atoms with E-state index >= 15 is 0 Å². The quantitative estimate of drug-likeness (QED) is 0.732. The molecule has 0 fully saturated rings. The second-order valence-electron chi connectivity index (χ2n) is 4.41. The zero-order valence-corrected chi connectivity index (χ0v) is 11.2. The molecule has 8 radical (unpaired) electrons. The van der Waals surface area contributed by atoms with Crippen molar-refractivity contribution >= 4 is 43.3 Å². The molecular formula is C11H6B4N2O2S. The number of benzene rings is 1. The van der Waals surface area contributed by atoms with E-state index in [0.717, 1.165) is 4.90 Å². The van der Waals surface area contributed by atoms with Gasteiger partial charge in [0, 0.05) is 28.1 Å². The molecule has 0 amide bonds. The van der Waals surface area contributed by atoms with Crippen LogP contribution in [0, 0.1) is 0 Å². The maximum atomic E-state index is 5.72. The van der Waals surface area contributed by atoms with Crippen molar-refractivity contribution in [1.29, 1.82) is 0 Å². The van der Waals surface area contributed by atoms with E-state index in [-0.39, 0.29) is 0 Å². The fourth-order valence-electron chi connectivity index (χ4n) is 1.66. The molecule has 20 heavy (non-hydrogen) atoms. The van der Waals surface area contributed by atoms with Crippen LogP contribution in [0.15, 0.2) is 41.8 Å². The summed E-state index contributed by atoms with van der Waals surface area (Å²) < 4.78 is 12.6. The van der Waals surface area contributed by atoms with Crippen LogP contribution in [0.1, 0.15) is 0 Å². The molecule has 0 atom stereocenters. The molecule has 0 N–H and O–H groups in total. The fourth-order valence-corrected chi connectivity index (χ4v) is 2.40. The van der Waals surface area contributed by atoms with Gasteiger partial charge < -0.3 is 9.47 Å². The molecule has 0 spiro atoms. The molecule has 9 heteroatoms. The third-order valence-electron chi connectivity index (χ3n) is 2.77. The van der Waals surface area contributed by atoms with Crippen molar-refractivity contribution in [2.24, 2.45) is 0 Å². The van der Waals surface area contributed by atoms with Crippen LogP contribution in [0.25, 0.3) is 0 Å². The van der Waals surface area contributed by atoms with E-state index in [1.54, 1.807) is 24.7 Å². The molecule has 4 nitrogen and oxygen atoms in total. The summed E-state index contributed by atoms with van der Waals surface area (Å²) in [6.45, 7) is 0. The molecule has 3 rings (SSSR count). The van der Waals surface area contributed by atoms with Crippen LogP contribution in [-0.4, -0.2) is 51.1 Å². The van der Waals surface area contributed by atoms with Crippen LogP contribution in [-0.2, 0) is 0 Å². The van der Waals surface area contributed by atoms with Gasteiger partial charge in [-0.05, 0) is 30.1 Å². The minimum Gasteiger partial charge on any atom is -0.501 e. The summed E-state index contributed by atoms with van der Waals surface area (Å²) in [5, 5.41) is -3.63. The molecule has 0 saturated carbocycles. The Morgan fingerprint density at radius 1 is 1.05 bits per heavy atom. The van der Waals surface area contributed by atoms with Crippen molar-refractivity contribution < 1.29 is 9.47 Å². The van der Waals surface area contributed by atoms with Gasteiger partial charge in [-0.3, -0.25) is 3.97 Å². The first-order valence-electron chi connectivity index (χ1n) is 5.71. The third kappa shape index (κ3) is 2.35. The maximum Gasteiger partial charge on any atom is 0.160 e. The van der Waals surface area contributed by atoms with Crippen molar-refractivity contribution in [3.63, 3.8) is 0 Å². The van der Waals surface area contributed by atoms with Crippen molar-refractivity contribution in [1.82, 2.24) is 8.96 Å². The molecule has 0 saturated heterocycles. The predicted octanol–water partition coefficient (Wildman–Crippen LogP) is 0.191. The van der Waals surface area contributed by atoms with E-state index in [9.17, 15) is 0 Å². The normalized spacial score (nSPS) is 18.6. The molecule has 1 aromatic carbocycles. The number of aromatic nitrogens is 2. The highest BCUT2D eigenvalue weighted by molar-refractivity contribution is 7.97. The van der Waals surface area contributed by atoms with Crippen LogP contribution in [0.2, 0.25) is 0 Å². The molecule has 90 valence electrons. The number of ether oxygens (including phenoxy) is 2. The van der Waals surface area contributed by atoms with Gasteiger partial charge in [-0.2, -0.15) is 0 Å². The summed E-state index contributed by atoms with van der Waals surface area (Å²) in [6, 6.07) is 5.27. The first-order chi connectivity index (χ1) is 9.37. The predicted molar refractivity (Wildman–Crippen MR) is 79.7 cm³/mol. The first kappa shape index (κ1) is 13.6. The number of nitrogens with zero attached hydrogens (tertiary/aromatic N) is 2. The Kier molecular flexibility index (Phi) is 3.12. The number of hydrogen-bond donors (Lipinski definition) is 0. The van der Waals surface area contributed by atoms with Gasteiger partial charge in [0.15, 0.2) is 11.5 Å². The zero-order chi connectivity index (χ0) is 14.4. The van der Waals surface area contributed by atoms with E-state index in [0.29, 0.717) is 11.5 Å². The van der Waals surface area contributed by atoms with E-state index in [1.165, 1.54) is 11.9 Å². The average molecular weight is 273 g/mol. The van der Waals surface area contributed by atoms with Crippen LogP contribution in [0.3, 0.4) is 0 Å². The molecule has 2 heterocycles. The van der Waals surface area contributed by atoms with Crippen LogP contribution in [0.5, 0.6) is 11.5 Å². The van der Waals surface area contributed by atoms with Gasteiger partial charge in [-0.15, -0.1) is 0 Å². The van der Waals surface area contributed by atoms with Gasteiger partial charge in [0.05, 0.1) is 0 Å². The smallest absolute Gasteiger partial charge is 0.160 e. The van der Waals surface area contributed by atoms with Crippen molar-refractivity contribution in [3.8, 4) is 11.5 Å².